The highest BCUT2D eigenvalue weighted by atomic mass is 35.5. The molecule has 1 saturated carbocycles. The van der Waals surface area contributed by atoms with Gasteiger partial charge in [-0.3, -0.25) is 11.3 Å². The number of hydrogen-bond donors (Lipinski definition) is 2. The fraction of sp³-hybridized carbons (Fsp3) is 0.667. The molecule has 0 spiro atoms. The van der Waals surface area contributed by atoms with Gasteiger partial charge in [-0.1, -0.05) is 11.6 Å². The molecule has 3 N–H and O–H groups in total. The summed E-state index contributed by atoms with van der Waals surface area (Å²) in [4.78, 5) is 1.14. The molecule has 2 rings (SSSR count). The van der Waals surface area contributed by atoms with Gasteiger partial charge in [0.25, 0.3) is 0 Å². The molecular weight excluding hydrogens is 278 g/mol. The van der Waals surface area contributed by atoms with E-state index < -0.39 is 5.92 Å². The monoisotopic (exact) mass is 294 g/mol. The van der Waals surface area contributed by atoms with Crippen molar-refractivity contribution in [2.75, 3.05) is 0 Å². The van der Waals surface area contributed by atoms with Crippen molar-refractivity contribution in [3.63, 3.8) is 0 Å². The zero-order chi connectivity index (χ0) is 13.2. The van der Waals surface area contributed by atoms with Crippen LogP contribution >= 0.6 is 22.9 Å². The van der Waals surface area contributed by atoms with Crippen molar-refractivity contribution >= 4 is 22.9 Å². The second kappa shape index (κ2) is 5.82. The van der Waals surface area contributed by atoms with Gasteiger partial charge >= 0.3 is 0 Å². The molecule has 1 fully saturated rings. The van der Waals surface area contributed by atoms with E-state index in [9.17, 15) is 8.78 Å². The number of hydrogen-bond acceptors (Lipinski definition) is 3. The van der Waals surface area contributed by atoms with E-state index >= 15 is 0 Å². The van der Waals surface area contributed by atoms with E-state index in [1.54, 1.807) is 0 Å². The Morgan fingerprint density at radius 1 is 1.44 bits per heavy atom. The van der Waals surface area contributed by atoms with Crippen molar-refractivity contribution in [2.24, 2.45) is 11.8 Å². The molecule has 2 nitrogen and oxygen atoms in total. The van der Waals surface area contributed by atoms with E-state index in [0.717, 1.165) is 15.6 Å². The maximum Gasteiger partial charge on any atom is 0.248 e. The van der Waals surface area contributed by atoms with Crippen LogP contribution < -0.4 is 11.3 Å². The van der Waals surface area contributed by atoms with Crippen LogP contribution in [0.1, 0.15) is 30.6 Å². The molecule has 1 aliphatic carbocycles. The Morgan fingerprint density at radius 3 is 2.61 bits per heavy atom. The zero-order valence-corrected chi connectivity index (χ0v) is 11.5. The first-order valence-corrected chi connectivity index (χ1v) is 7.28. The van der Waals surface area contributed by atoms with E-state index in [1.807, 2.05) is 12.1 Å². The fourth-order valence-corrected chi connectivity index (χ4v) is 3.65. The molecule has 1 aromatic rings. The van der Waals surface area contributed by atoms with Crippen LogP contribution in [0.3, 0.4) is 0 Å². The van der Waals surface area contributed by atoms with Crippen molar-refractivity contribution in [3.8, 4) is 0 Å². The number of halogens is 3. The molecule has 1 heterocycles. The third-order valence-corrected chi connectivity index (χ3v) is 4.85. The van der Waals surface area contributed by atoms with Crippen LogP contribution in [0.2, 0.25) is 4.34 Å². The lowest BCUT2D eigenvalue weighted by Gasteiger charge is -2.33. The molecule has 0 aromatic carbocycles. The van der Waals surface area contributed by atoms with Gasteiger partial charge < -0.3 is 0 Å². The van der Waals surface area contributed by atoms with E-state index in [2.05, 4.69) is 5.43 Å². The number of alkyl halides is 2. The number of nitrogens with two attached hydrogens (primary N) is 1. The predicted octanol–water partition coefficient (Wildman–Crippen LogP) is 3.60. The van der Waals surface area contributed by atoms with E-state index in [1.165, 1.54) is 11.3 Å². The van der Waals surface area contributed by atoms with Gasteiger partial charge in [-0.05, 0) is 37.3 Å². The predicted molar refractivity (Wildman–Crippen MR) is 71.0 cm³/mol. The molecule has 0 bridgehead atoms. The summed E-state index contributed by atoms with van der Waals surface area (Å²) in [6, 6.07) is 3.87. The van der Waals surface area contributed by atoms with Crippen molar-refractivity contribution in [1.82, 2.24) is 5.43 Å². The lowest BCUT2D eigenvalue weighted by Crippen LogP contribution is -2.44. The first-order valence-electron chi connectivity index (χ1n) is 6.08. The molecule has 0 aliphatic heterocycles. The minimum Gasteiger partial charge on any atom is -0.271 e. The maximum absolute atomic E-state index is 13.1. The van der Waals surface area contributed by atoms with Gasteiger partial charge in [0, 0.05) is 23.8 Å². The average Bonchev–Trinajstić information content (AvgIpc) is 2.72. The minimum absolute atomic E-state index is 0.0267. The van der Waals surface area contributed by atoms with Crippen molar-refractivity contribution in [2.45, 2.75) is 44.1 Å². The number of nitrogens with one attached hydrogen (secondary N) is 1. The molecule has 1 aromatic heterocycles. The Morgan fingerprint density at radius 2 is 2.11 bits per heavy atom. The summed E-state index contributed by atoms with van der Waals surface area (Å²) in [5, 5.41) is 0. The van der Waals surface area contributed by atoms with Gasteiger partial charge in [0.05, 0.1) is 4.34 Å². The Balaban J connectivity index is 1.93. The molecular formula is C12H17ClF2N2S. The Kier molecular flexibility index (Phi) is 4.59. The minimum atomic E-state index is -2.48. The molecule has 102 valence electrons. The summed E-state index contributed by atoms with van der Waals surface area (Å²) in [5.74, 6) is 3.29. The highest BCUT2D eigenvalue weighted by Gasteiger charge is 2.37. The molecule has 1 atom stereocenters. The molecule has 0 saturated heterocycles. The van der Waals surface area contributed by atoms with E-state index in [4.69, 9.17) is 17.4 Å². The van der Waals surface area contributed by atoms with Gasteiger partial charge in [0.15, 0.2) is 0 Å². The first-order chi connectivity index (χ1) is 8.50. The van der Waals surface area contributed by atoms with Crippen LogP contribution in [-0.4, -0.2) is 12.0 Å². The summed E-state index contributed by atoms with van der Waals surface area (Å²) in [7, 11) is 0. The molecule has 6 heteroatoms. The largest absolute Gasteiger partial charge is 0.271 e. The molecule has 1 unspecified atom stereocenters. The first kappa shape index (κ1) is 14.2. The van der Waals surface area contributed by atoms with Crippen LogP contribution in [0, 0.1) is 5.92 Å². The van der Waals surface area contributed by atoms with Crippen molar-refractivity contribution in [1.29, 1.82) is 0 Å². The molecule has 0 radical (unpaired) electrons. The topological polar surface area (TPSA) is 38.0 Å². The van der Waals surface area contributed by atoms with Gasteiger partial charge in [-0.15, -0.1) is 11.3 Å². The van der Waals surface area contributed by atoms with Gasteiger partial charge in [-0.25, -0.2) is 8.78 Å². The van der Waals surface area contributed by atoms with Crippen LogP contribution in [0.4, 0.5) is 8.78 Å². The maximum atomic E-state index is 13.1. The second-order valence-corrected chi connectivity index (χ2v) is 6.68. The lowest BCUT2D eigenvalue weighted by atomic mass is 9.81. The Labute approximate surface area is 114 Å². The number of thiophene rings is 1. The quantitative estimate of drug-likeness (QED) is 0.658. The molecule has 1 aliphatic rings. The SMILES string of the molecule is NNC(Cc1ccc(Cl)s1)C1CCC(F)(F)CC1. The van der Waals surface area contributed by atoms with Crippen LogP contribution in [0.5, 0.6) is 0 Å². The summed E-state index contributed by atoms with van der Waals surface area (Å²) < 4.78 is 27.0. The highest BCUT2D eigenvalue weighted by Crippen LogP contribution is 2.38. The zero-order valence-electron chi connectivity index (χ0n) is 9.96. The normalized spacial score (nSPS) is 22.0. The van der Waals surface area contributed by atoms with Crippen LogP contribution in [-0.2, 0) is 6.42 Å². The summed E-state index contributed by atoms with van der Waals surface area (Å²) in [5.41, 5.74) is 2.78. The Bertz CT molecular complexity index is 387. The van der Waals surface area contributed by atoms with Crippen molar-refractivity contribution in [3.05, 3.63) is 21.3 Å². The second-order valence-electron chi connectivity index (χ2n) is 4.88. The molecule has 18 heavy (non-hydrogen) atoms. The fourth-order valence-electron chi connectivity index (χ4n) is 2.50. The van der Waals surface area contributed by atoms with E-state index in [0.29, 0.717) is 12.8 Å². The molecule has 0 amide bonds. The Hall–Kier alpha value is -0.230. The smallest absolute Gasteiger partial charge is 0.248 e. The number of hydrazine groups is 1. The standard InChI is InChI=1S/C12H17ClF2N2S/c13-11-2-1-9(18-11)7-10(17-16)8-3-5-12(14,15)6-4-8/h1-2,8,10,17H,3-7,16H2. The highest BCUT2D eigenvalue weighted by molar-refractivity contribution is 7.16. The third-order valence-electron chi connectivity index (χ3n) is 3.59. The van der Waals surface area contributed by atoms with Gasteiger partial charge in [-0.2, -0.15) is 0 Å². The van der Waals surface area contributed by atoms with Crippen molar-refractivity contribution < 1.29 is 8.78 Å². The van der Waals surface area contributed by atoms with Gasteiger partial charge in [0.2, 0.25) is 5.92 Å². The van der Waals surface area contributed by atoms with Crippen LogP contribution in [0.15, 0.2) is 12.1 Å². The van der Waals surface area contributed by atoms with Crippen LogP contribution in [0.25, 0.3) is 0 Å². The average molecular weight is 295 g/mol. The lowest BCUT2D eigenvalue weighted by molar-refractivity contribution is -0.0495. The summed E-state index contributed by atoms with van der Waals surface area (Å²) in [6.45, 7) is 0. The summed E-state index contributed by atoms with van der Waals surface area (Å²) in [6.07, 6.45) is 1.76. The number of rotatable bonds is 4. The van der Waals surface area contributed by atoms with E-state index in [-0.39, 0.29) is 24.8 Å². The third kappa shape index (κ3) is 3.63. The van der Waals surface area contributed by atoms with Gasteiger partial charge in [0.1, 0.15) is 0 Å². The summed E-state index contributed by atoms with van der Waals surface area (Å²) >= 11 is 7.39.